The molecule has 2 atom stereocenters. The Balaban J connectivity index is 1.96. The molecule has 0 aromatic carbocycles. The monoisotopic (exact) mass is 311 g/mol. The Labute approximate surface area is 133 Å². The Morgan fingerprint density at radius 2 is 1.77 bits per heavy atom. The zero-order chi connectivity index (χ0) is 16.3. The lowest BCUT2D eigenvalue weighted by molar-refractivity contribution is -0.146. The number of amides is 2. The number of piperazine rings is 1. The van der Waals surface area contributed by atoms with Crippen molar-refractivity contribution in [3.63, 3.8) is 0 Å². The highest BCUT2D eigenvalue weighted by molar-refractivity contribution is 5.89. The van der Waals surface area contributed by atoms with Gasteiger partial charge in [-0.1, -0.05) is 13.8 Å². The van der Waals surface area contributed by atoms with Gasteiger partial charge in [0.1, 0.15) is 6.04 Å². The predicted octanol–water partition coefficient (Wildman–Crippen LogP) is 0.158. The lowest BCUT2D eigenvalue weighted by Gasteiger charge is -2.39. The third-order valence-corrected chi connectivity index (χ3v) is 4.54. The number of hydrogen-bond acceptors (Lipinski definition) is 4. The molecular formula is C16H29N3O3. The average Bonchev–Trinajstić information content (AvgIpc) is 2.85. The van der Waals surface area contributed by atoms with Crippen molar-refractivity contribution in [3.8, 4) is 0 Å². The Bertz CT molecular complexity index is 403. The van der Waals surface area contributed by atoms with Gasteiger partial charge in [0.05, 0.1) is 6.10 Å². The van der Waals surface area contributed by atoms with Crippen molar-refractivity contribution < 1.29 is 14.7 Å². The molecule has 0 aromatic heterocycles. The second-order valence-electron chi connectivity index (χ2n) is 6.85. The minimum atomic E-state index is -0.340. The molecule has 2 rings (SSSR count). The zero-order valence-corrected chi connectivity index (χ0v) is 14.0. The molecule has 2 heterocycles. The van der Waals surface area contributed by atoms with Crippen LogP contribution >= 0.6 is 0 Å². The molecule has 2 aliphatic heterocycles. The molecule has 2 saturated heterocycles. The number of carbonyl (C=O) groups excluding carboxylic acids is 2. The number of aliphatic hydroxyl groups is 1. The van der Waals surface area contributed by atoms with Crippen LogP contribution in [0.15, 0.2) is 0 Å². The summed E-state index contributed by atoms with van der Waals surface area (Å²) in [6.45, 7) is 10.1. The van der Waals surface area contributed by atoms with Gasteiger partial charge in [0.15, 0.2) is 0 Å². The van der Waals surface area contributed by atoms with E-state index < -0.39 is 0 Å². The van der Waals surface area contributed by atoms with Gasteiger partial charge < -0.3 is 14.9 Å². The van der Waals surface area contributed by atoms with Crippen LogP contribution in [0.4, 0.5) is 0 Å². The molecule has 0 aliphatic carbocycles. The van der Waals surface area contributed by atoms with Gasteiger partial charge in [0, 0.05) is 45.7 Å². The van der Waals surface area contributed by atoms with E-state index in [-0.39, 0.29) is 29.9 Å². The molecule has 0 spiro atoms. The fraction of sp³-hybridized carbons (Fsp3) is 0.875. The van der Waals surface area contributed by atoms with E-state index in [1.165, 1.54) is 0 Å². The van der Waals surface area contributed by atoms with Crippen molar-refractivity contribution in [2.75, 3.05) is 39.3 Å². The summed E-state index contributed by atoms with van der Waals surface area (Å²) in [5.41, 5.74) is 0. The van der Waals surface area contributed by atoms with Crippen molar-refractivity contribution in [2.24, 2.45) is 5.92 Å². The first-order valence-electron chi connectivity index (χ1n) is 8.39. The zero-order valence-electron chi connectivity index (χ0n) is 14.0. The molecule has 2 aliphatic rings. The van der Waals surface area contributed by atoms with Crippen LogP contribution in [0.5, 0.6) is 0 Å². The maximum absolute atomic E-state index is 12.9. The molecule has 1 N–H and O–H groups in total. The van der Waals surface area contributed by atoms with E-state index in [0.29, 0.717) is 32.6 Å². The number of carbonyl (C=O) groups is 2. The van der Waals surface area contributed by atoms with E-state index >= 15 is 0 Å². The Hall–Kier alpha value is -1.14. The first-order chi connectivity index (χ1) is 10.4. The van der Waals surface area contributed by atoms with Gasteiger partial charge in [-0.3, -0.25) is 14.5 Å². The molecule has 6 nitrogen and oxygen atoms in total. The van der Waals surface area contributed by atoms with Crippen molar-refractivity contribution in [1.29, 1.82) is 0 Å². The normalized spacial score (nSPS) is 23.2. The lowest BCUT2D eigenvalue weighted by atomic mass is 10.0. The van der Waals surface area contributed by atoms with Crippen molar-refractivity contribution >= 4 is 11.8 Å². The van der Waals surface area contributed by atoms with Crippen LogP contribution in [-0.4, -0.2) is 83.0 Å². The topological polar surface area (TPSA) is 64.1 Å². The number of β-amino-alcohol motifs (C(OH)–C–C–N with tert-alkyl or cyclic N) is 1. The summed E-state index contributed by atoms with van der Waals surface area (Å²) < 4.78 is 0. The molecule has 22 heavy (non-hydrogen) atoms. The summed E-state index contributed by atoms with van der Waals surface area (Å²) in [6, 6.07) is -0.321. The lowest BCUT2D eigenvalue weighted by Crippen LogP contribution is -2.57. The molecule has 2 fully saturated rings. The van der Waals surface area contributed by atoms with Crippen LogP contribution in [0, 0.1) is 5.92 Å². The summed E-state index contributed by atoms with van der Waals surface area (Å²) >= 11 is 0. The van der Waals surface area contributed by atoms with Crippen LogP contribution < -0.4 is 0 Å². The van der Waals surface area contributed by atoms with E-state index in [4.69, 9.17) is 0 Å². The molecule has 0 saturated carbocycles. The highest BCUT2D eigenvalue weighted by atomic mass is 16.3. The molecule has 0 aromatic rings. The van der Waals surface area contributed by atoms with Gasteiger partial charge in [-0.2, -0.15) is 0 Å². The Kier molecular flexibility index (Phi) is 5.81. The summed E-state index contributed by atoms with van der Waals surface area (Å²) in [5, 5.41) is 9.45. The SMILES string of the molecule is CC(C)[C@@H](C(=O)N1CCN(C[C@@H](C)O)CC1)N1CCCC1=O. The smallest absolute Gasteiger partial charge is 0.245 e. The maximum atomic E-state index is 12.9. The van der Waals surface area contributed by atoms with Crippen molar-refractivity contribution in [3.05, 3.63) is 0 Å². The second-order valence-corrected chi connectivity index (χ2v) is 6.85. The molecule has 6 heteroatoms. The van der Waals surface area contributed by atoms with Gasteiger partial charge in [-0.05, 0) is 19.3 Å². The molecular weight excluding hydrogens is 282 g/mol. The number of hydrogen-bond donors (Lipinski definition) is 1. The van der Waals surface area contributed by atoms with E-state index in [2.05, 4.69) is 4.90 Å². The fourth-order valence-electron chi connectivity index (χ4n) is 3.45. The fourth-order valence-corrected chi connectivity index (χ4v) is 3.45. The standard InChI is InChI=1S/C16H29N3O3/c1-12(2)15(19-6-4-5-14(19)21)16(22)18-9-7-17(8-10-18)11-13(3)20/h12-13,15,20H,4-11H2,1-3H3/t13-,15+/m1/s1. The minimum Gasteiger partial charge on any atom is -0.392 e. The first-order valence-corrected chi connectivity index (χ1v) is 8.39. The third-order valence-electron chi connectivity index (χ3n) is 4.54. The average molecular weight is 311 g/mol. The predicted molar refractivity (Wildman–Crippen MR) is 84.3 cm³/mol. The van der Waals surface area contributed by atoms with E-state index in [1.54, 1.807) is 11.8 Å². The summed E-state index contributed by atoms with van der Waals surface area (Å²) in [7, 11) is 0. The maximum Gasteiger partial charge on any atom is 0.245 e. The molecule has 126 valence electrons. The van der Waals surface area contributed by atoms with Crippen molar-refractivity contribution in [1.82, 2.24) is 14.7 Å². The van der Waals surface area contributed by atoms with Gasteiger partial charge in [-0.25, -0.2) is 0 Å². The van der Waals surface area contributed by atoms with Gasteiger partial charge in [0.25, 0.3) is 0 Å². The van der Waals surface area contributed by atoms with Crippen LogP contribution in [0.2, 0.25) is 0 Å². The van der Waals surface area contributed by atoms with Gasteiger partial charge in [0.2, 0.25) is 11.8 Å². The molecule has 2 amide bonds. The van der Waals surface area contributed by atoms with E-state index in [9.17, 15) is 14.7 Å². The Morgan fingerprint density at radius 1 is 1.14 bits per heavy atom. The quantitative estimate of drug-likeness (QED) is 0.785. The number of rotatable bonds is 5. The first kappa shape index (κ1) is 17.2. The van der Waals surface area contributed by atoms with Crippen LogP contribution in [0.1, 0.15) is 33.6 Å². The summed E-state index contributed by atoms with van der Waals surface area (Å²) in [5.74, 6) is 0.326. The molecule has 0 radical (unpaired) electrons. The van der Waals surface area contributed by atoms with Crippen molar-refractivity contribution in [2.45, 2.75) is 45.8 Å². The van der Waals surface area contributed by atoms with Crippen LogP contribution in [0.3, 0.4) is 0 Å². The van der Waals surface area contributed by atoms with E-state index in [0.717, 1.165) is 19.5 Å². The van der Waals surface area contributed by atoms with Crippen LogP contribution in [0.25, 0.3) is 0 Å². The van der Waals surface area contributed by atoms with Crippen LogP contribution in [-0.2, 0) is 9.59 Å². The number of likely N-dealkylation sites (tertiary alicyclic amines) is 1. The van der Waals surface area contributed by atoms with Gasteiger partial charge >= 0.3 is 0 Å². The molecule has 0 bridgehead atoms. The third kappa shape index (κ3) is 3.98. The number of nitrogens with zero attached hydrogens (tertiary/aromatic N) is 3. The highest BCUT2D eigenvalue weighted by Gasteiger charge is 2.37. The number of aliphatic hydroxyl groups excluding tert-OH is 1. The second kappa shape index (κ2) is 7.42. The largest absolute Gasteiger partial charge is 0.392 e. The summed E-state index contributed by atoms with van der Waals surface area (Å²) in [6.07, 6.45) is 1.09. The molecule has 0 unspecified atom stereocenters. The minimum absolute atomic E-state index is 0.0851. The Morgan fingerprint density at radius 3 is 2.23 bits per heavy atom. The van der Waals surface area contributed by atoms with E-state index in [1.807, 2.05) is 18.7 Å². The highest BCUT2D eigenvalue weighted by Crippen LogP contribution is 2.21. The summed E-state index contributed by atoms with van der Waals surface area (Å²) in [4.78, 5) is 30.7. The van der Waals surface area contributed by atoms with Gasteiger partial charge in [-0.15, -0.1) is 0 Å².